The van der Waals surface area contributed by atoms with Crippen LogP contribution in [0.1, 0.15) is 26.7 Å². The SMILES string of the molecule is C=CCCOC(=O)[C@H]1[C@@H]2OC3(CC2Br)C(C(=O)N(CC=C)c2ccc(Cl)cc2)N([C@@H](CO)C(C)C)C(=O)[C@H]13. The number of rotatable bonds is 11. The van der Waals surface area contributed by atoms with E-state index in [1.54, 1.807) is 36.4 Å². The largest absolute Gasteiger partial charge is 0.465 e. The maximum absolute atomic E-state index is 14.5. The zero-order valence-electron chi connectivity index (χ0n) is 21.6. The van der Waals surface area contributed by atoms with E-state index in [-0.39, 0.29) is 42.3 Å². The van der Waals surface area contributed by atoms with Crippen LogP contribution in [0.3, 0.4) is 0 Å². The fourth-order valence-corrected chi connectivity index (χ4v) is 7.22. The molecule has 3 saturated heterocycles. The van der Waals surface area contributed by atoms with Gasteiger partial charge in [0.15, 0.2) is 0 Å². The smallest absolute Gasteiger partial charge is 0.312 e. The molecule has 1 spiro atoms. The van der Waals surface area contributed by atoms with Gasteiger partial charge in [-0.05, 0) is 43.0 Å². The standard InChI is InChI=1S/C28H34BrClN2O6/c1-5-7-13-37-27(36)21-22-25(34)32(20(15-33)16(3)4)24(28(22)14-19(29)23(21)38-28)26(35)31(12-6-2)18-10-8-17(30)9-11-18/h5-6,8-11,16,19-24,33H,1-2,7,12-15H2,3-4H3/t19?,20-,21+,22-,23+,24?,28?/m0/s1. The summed E-state index contributed by atoms with van der Waals surface area (Å²) < 4.78 is 12.0. The zero-order valence-corrected chi connectivity index (χ0v) is 23.9. The fraction of sp³-hybridized carbons (Fsp3) is 0.536. The maximum atomic E-state index is 14.5. The fourth-order valence-electron chi connectivity index (χ4n) is 6.15. The zero-order chi connectivity index (χ0) is 27.8. The second kappa shape index (κ2) is 11.5. The van der Waals surface area contributed by atoms with Crippen LogP contribution in [0, 0.1) is 17.8 Å². The van der Waals surface area contributed by atoms with Gasteiger partial charge in [-0.25, -0.2) is 0 Å². The molecule has 2 bridgehead atoms. The number of halogens is 2. The molecule has 1 aromatic carbocycles. The summed E-state index contributed by atoms with van der Waals surface area (Å²) in [6, 6.07) is 5.11. The molecule has 1 N–H and O–H groups in total. The molecule has 3 aliphatic heterocycles. The number of fused-ring (bicyclic) bond motifs is 1. The first-order valence-corrected chi connectivity index (χ1v) is 14.1. The summed E-state index contributed by atoms with van der Waals surface area (Å²) in [4.78, 5) is 44.7. The normalized spacial score (nSPS) is 30.3. The Morgan fingerprint density at radius 1 is 1.32 bits per heavy atom. The quantitative estimate of drug-likeness (QED) is 0.178. The molecule has 7 atom stereocenters. The Balaban J connectivity index is 1.81. The molecule has 4 rings (SSSR count). The van der Waals surface area contributed by atoms with Crippen LogP contribution in [0.25, 0.3) is 0 Å². The van der Waals surface area contributed by atoms with Gasteiger partial charge >= 0.3 is 5.97 Å². The number of ether oxygens (including phenoxy) is 2. The van der Waals surface area contributed by atoms with E-state index in [0.717, 1.165) is 0 Å². The van der Waals surface area contributed by atoms with Gasteiger partial charge in [0.2, 0.25) is 5.91 Å². The van der Waals surface area contributed by atoms with Crippen molar-refractivity contribution in [2.75, 3.05) is 24.7 Å². The lowest BCUT2D eigenvalue weighted by Gasteiger charge is -2.40. The molecule has 3 unspecified atom stereocenters. The summed E-state index contributed by atoms with van der Waals surface area (Å²) >= 11 is 9.74. The highest BCUT2D eigenvalue weighted by atomic mass is 79.9. The van der Waals surface area contributed by atoms with Crippen LogP contribution in [0.4, 0.5) is 5.69 Å². The monoisotopic (exact) mass is 608 g/mol. The Morgan fingerprint density at radius 2 is 2.00 bits per heavy atom. The van der Waals surface area contributed by atoms with Crippen LogP contribution in [0.15, 0.2) is 49.6 Å². The number of carbonyl (C=O) groups is 3. The van der Waals surface area contributed by atoms with Crippen LogP contribution in [0.2, 0.25) is 5.02 Å². The second-order valence-corrected chi connectivity index (χ2v) is 12.0. The molecule has 2 amide bonds. The first-order valence-electron chi connectivity index (χ1n) is 12.8. The third kappa shape index (κ3) is 4.72. The number of aliphatic hydroxyl groups is 1. The number of anilines is 1. The van der Waals surface area contributed by atoms with Gasteiger partial charge in [-0.2, -0.15) is 0 Å². The summed E-state index contributed by atoms with van der Waals surface area (Å²) in [5.74, 6) is -3.22. The third-order valence-electron chi connectivity index (χ3n) is 7.83. The minimum Gasteiger partial charge on any atom is -0.465 e. The summed E-state index contributed by atoms with van der Waals surface area (Å²) in [7, 11) is 0. The predicted molar refractivity (Wildman–Crippen MR) is 148 cm³/mol. The van der Waals surface area contributed by atoms with E-state index >= 15 is 0 Å². The van der Waals surface area contributed by atoms with E-state index in [4.69, 9.17) is 21.1 Å². The number of hydrogen-bond acceptors (Lipinski definition) is 6. The van der Waals surface area contributed by atoms with Crippen molar-refractivity contribution in [3.8, 4) is 0 Å². The van der Waals surface area contributed by atoms with E-state index in [9.17, 15) is 19.5 Å². The number of likely N-dealkylation sites (tertiary alicyclic amines) is 1. The summed E-state index contributed by atoms with van der Waals surface area (Å²) in [5.41, 5.74) is -0.677. The van der Waals surface area contributed by atoms with E-state index in [0.29, 0.717) is 23.6 Å². The van der Waals surface area contributed by atoms with Gasteiger partial charge in [-0.3, -0.25) is 14.4 Å². The van der Waals surface area contributed by atoms with Gasteiger partial charge in [0.1, 0.15) is 11.6 Å². The molecule has 38 heavy (non-hydrogen) atoms. The van der Waals surface area contributed by atoms with Crippen molar-refractivity contribution in [2.45, 2.75) is 55.3 Å². The summed E-state index contributed by atoms with van der Waals surface area (Å²) in [5, 5.41) is 10.9. The van der Waals surface area contributed by atoms with Gasteiger partial charge in [0.25, 0.3) is 5.91 Å². The average molecular weight is 610 g/mol. The first-order chi connectivity index (χ1) is 18.1. The van der Waals surface area contributed by atoms with Crippen molar-refractivity contribution in [2.24, 2.45) is 17.8 Å². The Hall–Kier alpha value is -2.20. The first kappa shape index (κ1) is 28.8. The van der Waals surface area contributed by atoms with E-state index < -0.39 is 41.6 Å². The molecule has 0 saturated carbocycles. The molecule has 3 aliphatic rings. The van der Waals surface area contributed by atoms with E-state index in [2.05, 4.69) is 29.1 Å². The van der Waals surface area contributed by atoms with Crippen LogP contribution in [0.5, 0.6) is 0 Å². The topological polar surface area (TPSA) is 96.4 Å². The summed E-state index contributed by atoms with van der Waals surface area (Å²) in [6.07, 6.45) is 3.48. The Bertz CT molecular complexity index is 1100. The maximum Gasteiger partial charge on any atom is 0.312 e. The molecular formula is C28H34BrClN2O6. The van der Waals surface area contributed by atoms with Gasteiger partial charge < -0.3 is 24.4 Å². The van der Waals surface area contributed by atoms with E-state index in [1.807, 2.05) is 13.8 Å². The molecule has 0 radical (unpaired) electrons. The molecule has 3 fully saturated rings. The number of benzene rings is 1. The number of hydrogen-bond donors (Lipinski definition) is 1. The molecule has 206 valence electrons. The predicted octanol–water partition coefficient (Wildman–Crippen LogP) is 3.74. The average Bonchev–Trinajstić information content (AvgIpc) is 3.47. The van der Waals surface area contributed by atoms with Gasteiger partial charge in [-0.15, -0.1) is 13.2 Å². The minimum atomic E-state index is -1.26. The molecule has 3 heterocycles. The van der Waals surface area contributed by atoms with Crippen LogP contribution in [-0.2, 0) is 23.9 Å². The lowest BCUT2D eigenvalue weighted by Crippen LogP contribution is -2.60. The highest BCUT2D eigenvalue weighted by Gasteiger charge is 2.77. The number of nitrogens with zero attached hydrogens (tertiary/aromatic N) is 2. The van der Waals surface area contributed by atoms with Crippen LogP contribution in [-0.4, -0.2) is 76.2 Å². The van der Waals surface area contributed by atoms with Crippen molar-refractivity contribution in [3.63, 3.8) is 0 Å². The molecule has 0 aromatic heterocycles. The number of alkyl halides is 1. The number of aliphatic hydroxyl groups excluding tert-OH is 1. The van der Waals surface area contributed by atoms with Crippen molar-refractivity contribution in [1.82, 2.24) is 4.90 Å². The Kier molecular flexibility index (Phi) is 8.71. The highest BCUT2D eigenvalue weighted by molar-refractivity contribution is 9.09. The lowest BCUT2D eigenvalue weighted by atomic mass is 9.70. The van der Waals surface area contributed by atoms with Gasteiger partial charge in [0.05, 0.1) is 37.2 Å². The van der Waals surface area contributed by atoms with Crippen LogP contribution >= 0.6 is 27.5 Å². The van der Waals surface area contributed by atoms with Crippen molar-refractivity contribution in [3.05, 3.63) is 54.6 Å². The molecule has 8 nitrogen and oxygen atoms in total. The van der Waals surface area contributed by atoms with Crippen molar-refractivity contribution in [1.29, 1.82) is 0 Å². The Labute approximate surface area is 236 Å². The summed E-state index contributed by atoms with van der Waals surface area (Å²) in [6.45, 7) is 11.2. The van der Waals surface area contributed by atoms with Gasteiger partial charge in [-0.1, -0.05) is 53.5 Å². The lowest BCUT2D eigenvalue weighted by molar-refractivity contribution is -0.155. The Morgan fingerprint density at radius 3 is 2.58 bits per heavy atom. The number of carbonyl (C=O) groups excluding carboxylic acids is 3. The molecule has 1 aromatic rings. The molecular weight excluding hydrogens is 576 g/mol. The molecule has 10 heteroatoms. The van der Waals surface area contributed by atoms with Crippen molar-refractivity contribution < 1.29 is 29.0 Å². The van der Waals surface area contributed by atoms with Crippen LogP contribution < -0.4 is 4.90 Å². The number of amides is 2. The second-order valence-electron chi connectivity index (χ2n) is 10.4. The molecule has 0 aliphatic carbocycles. The van der Waals surface area contributed by atoms with Crippen molar-refractivity contribution >= 4 is 51.0 Å². The third-order valence-corrected chi connectivity index (χ3v) is 8.93. The highest BCUT2D eigenvalue weighted by Crippen LogP contribution is 2.61. The number of esters is 1. The van der Waals surface area contributed by atoms with E-state index in [1.165, 1.54) is 9.80 Å². The van der Waals surface area contributed by atoms with Gasteiger partial charge in [0, 0.05) is 22.1 Å². The minimum absolute atomic E-state index is 0.146.